The molecule has 2 aliphatic heterocycles. The molecule has 0 saturated carbocycles. The van der Waals surface area contributed by atoms with Gasteiger partial charge in [-0.1, -0.05) is 0 Å². The van der Waals surface area contributed by atoms with Crippen LogP contribution in [0.5, 0.6) is 0 Å². The van der Waals surface area contributed by atoms with Crippen LogP contribution in [0.3, 0.4) is 0 Å². The largest absolute Gasteiger partial charge is 0.468 e. The number of rotatable bonds is 6. The van der Waals surface area contributed by atoms with Crippen LogP contribution in [-0.4, -0.2) is 62.6 Å². The van der Waals surface area contributed by atoms with E-state index < -0.39 is 10.2 Å². The van der Waals surface area contributed by atoms with Gasteiger partial charge in [0.25, 0.3) is 10.2 Å². The second-order valence-electron chi connectivity index (χ2n) is 6.70. The van der Waals surface area contributed by atoms with Gasteiger partial charge in [-0.3, -0.25) is 4.90 Å². The summed E-state index contributed by atoms with van der Waals surface area (Å²) >= 11 is 0. The van der Waals surface area contributed by atoms with Crippen molar-refractivity contribution in [3.8, 4) is 0 Å². The fourth-order valence-electron chi connectivity index (χ4n) is 3.55. The molecule has 3 atom stereocenters. The first-order valence-electron chi connectivity index (χ1n) is 8.63. The van der Waals surface area contributed by atoms with E-state index in [-0.39, 0.29) is 18.2 Å². The molecule has 2 fully saturated rings. The number of hydrogen-bond acceptors (Lipinski definition) is 5. The quantitative estimate of drug-likeness (QED) is 0.832. The summed E-state index contributed by atoms with van der Waals surface area (Å²) in [5.41, 5.74) is 0. The van der Waals surface area contributed by atoms with Crippen LogP contribution in [0.1, 0.15) is 38.5 Å². The molecule has 1 N–H and O–H groups in total. The molecule has 136 valence electrons. The molecule has 0 aliphatic carbocycles. The topological polar surface area (TPSA) is 75.0 Å². The van der Waals surface area contributed by atoms with Gasteiger partial charge in [0.2, 0.25) is 0 Å². The van der Waals surface area contributed by atoms with Crippen LogP contribution in [0.15, 0.2) is 22.8 Å². The maximum atomic E-state index is 12.7. The lowest BCUT2D eigenvalue weighted by molar-refractivity contribution is -0.0444. The number of likely N-dealkylation sites (tertiary alicyclic amines) is 1. The number of nitrogens with zero attached hydrogens (tertiary/aromatic N) is 2. The molecule has 1 aromatic rings. The minimum Gasteiger partial charge on any atom is -0.468 e. The summed E-state index contributed by atoms with van der Waals surface area (Å²) in [4.78, 5) is 2.28. The van der Waals surface area contributed by atoms with E-state index in [9.17, 15) is 8.42 Å². The number of morpholine rings is 1. The molecule has 7 nitrogen and oxygen atoms in total. The van der Waals surface area contributed by atoms with E-state index in [4.69, 9.17) is 9.15 Å². The second-order valence-corrected chi connectivity index (χ2v) is 8.46. The van der Waals surface area contributed by atoms with Gasteiger partial charge < -0.3 is 9.15 Å². The van der Waals surface area contributed by atoms with Gasteiger partial charge >= 0.3 is 0 Å². The van der Waals surface area contributed by atoms with Gasteiger partial charge in [-0.05, 0) is 51.9 Å². The van der Waals surface area contributed by atoms with Gasteiger partial charge in [-0.25, -0.2) is 4.72 Å². The maximum absolute atomic E-state index is 12.7. The molecule has 1 aromatic heterocycles. The van der Waals surface area contributed by atoms with Crippen molar-refractivity contribution >= 4 is 10.2 Å². The zero-order valence-electron chi connectivity index (χ0n) is 14.3. The van der Waals surface area contributed by atoms with Gasteiger partial charge in [-0.2, -0.15) is 12.7 Å². The van der Waals surface area contributed by atoms with Crippen molar-refractivity contribution in [2.24, 2.45) is 0 Å². The van der Waals surface area contributed by atoms with E-state index in [1.54, 1.807) is 6.26 Å². The highest BCUT2D eigenvalue weighted by molar-refractivity contribution is 7.87. The molecule has 2 aliphatic rings. The molecule has 2 saturated heterocycles. The molecule has 3 heterocycles. The first kappa shape index (κ1) is 17.9. The highest BCUT2D eigenvalue weighted by atomic mass is 32.2. The molecule has 3 unspecified atom stereocenters. The van der Waals surface area contributed by atoms with Crippen molar-refractivity contribution < 1.29 is 17.6 Å². The third kappa shape index (κ3) is 4.18. The van der Waals surface area contributed by atoms with Crippen LogP contribution in [0.2, 0.25) is 0 Å². The highest BCUT2D eigenvalue weighted by Crippen LogP contribution is 2.25. The molecule has 0 spiro atoms. The summed E-state index contributed by atoms with van der Waals surface area (Å²) in [6.45, 7) is 6.82. The van der Waals surface area contributed by atoms with Crippen LogP contribution in [0, 0.1) is 0 Å². The fraction of sp³-hybridized carbons (Fsp3) is 0.750. The van der Waals surface area contributed by atoms with Crippen LogP contribution in [0.25, 0.3) is 0 Å². The highest BCUT2D eigenvalue weighted by Gasteiger charge is 2.33. The maximum Gasteiger partial charge on any atom is 0.279 e. The number of hydrogen-bond donors (Lipinski definition) is 1. The normalized spacial score (nSPS) is 28.2. The minimum absolute atomic E-state index is 0.0619. The molecule has 0 bridgehead atoms. The lowest BCUT2D eigenvalue weighted by Crippen LogP contribution is -2.52. The predicted octanol–water partition coefficient (Wildman–Crippen LogP) is 1.36. The van der Waals surface area contributed by atoms with Gasteiger partial charge in [0.15, 0.2) is 0 Å². The summed E-state index contributed by atoms with van der Waals surface area (Å²) in [5.74, 6) is 0.809. The summed E-state index contributed by atoms with van der Waals surface area (Å²) in [6.07, 6.45) is 3.73. The van der Waals surface area contributed by atoms with E-state index in [1.165, 1.54) is 4.31 Å². The smallest absolute Gasteiger partial charge is 0.279 e. The lowest BCUT2D eigenvalue weighted by Gasteiger charge is -2.35. The Morgan fingerprint density at radius 1 is 1.25 bits per heavy atom. The average Bonchev–Trinajstić information content (AvgIpc) is 3.20. The van der Waals surface area contributed by atoms with Crippen LogP contribution in [-0.2, 0) is 14.9 Å². The van der Waals surface area contributed by atoms with Crippen molar-refractivity contribution in [2.45, 2.75) is 44.9 Å². The van der Waals surface area contributed by atoms with Crippen LogP contribution < -0.4 is 4.72 Å². The molecule has 0 amide bonds. The van der Waals surface area contributed by atoms with Gasteiger partial charge in [0, 0.05) is 19.6 Å². The zero-order valence-corrected chi connectivity index (χ0v) is 15.2. The number of furan rings is 1. The van der Waals surface area contributed by atoms with E-state index >= 15 is 0 Å². The molecule has 8 heteroatoms. The summed E-state index contributed by atoms with van der Waals surface area (Å²) in [7, 11) is -3.53. The predicted molar refractivity (Wildman–Crippen MR) is 90.8 cm³/mol. The Labute approximate surface area is 144 Å². The Morgan fingerprint density at radius 2 is 1.92 bits per heavy atom. The molecular weight excluding hydrogens is 330 g/mol. The van der Waals surface area contributed by atoms with Crippen LogP contribution in [0.4, 0.5) is 0 Å². The molecule has 3 rings (SSSR count). The Bertz CT molecular complexity index is 603. The average molecular weight is 357 g/mol. The van der Waals surface area contributed by atoms with E-state index in [0.717, 1.165) is 31.7 Å². The van der Waals surface area contributed by atoms with Crippen molar-refractivity contribution in [2.75, 3.05) is 32.7 Å². The molecular formula is C16H27N3O4S. The summed E-state index contributed by atoms with van der Waals surface area (Å²) in [6, 6.07) is 3.70. The Morgan fingerprint density at radius 3 is 2.50 bits per heavy atom. The first-order valence-corrected chi connectivity index (χ1v) is 10.1. The summed E-state index contributed by atoms with van der Waals surface area (Å²) < 4.78 is 40.8. The summed E-state index contributed by atoms with van der Waals surface area (Å²) in [5, 5.41) is 0. The fourth-order valence-corrected chi connectivity index (χ4v) is 4.91. The van der Waals surface area contributed by atoms with Crippen molar-refractivity contribution in [1.82, 2.24) is 13.9 Å². The van der Waals surface area contributed by atoms with Crippen molar-refractivity contribution in [3.05, 3.63) is 24.2 Å². The Kier molecular flexibility index (Phi) is 5.61. The number of nitrogens with one attached hydrogen (secondary N) is 1. The van der Waals surface area contributed by atoms with Gasteiger partial charge in [0.05, 0.1) is 24.5 Å². The standard InChI is InChI=1S/C16H27N3O4S/c1-13-11-19(12-14(2)23-13)24(20,21)17-10-15(16-6-5-9-22-16)18-7-3-4-8-18/h5-6,9,13-15,17H,3-4,7-8,10-12H2,1-2H3. The molecule has 0 aromatic carbocycles. The lowest BCUT2D eigenvalue weighted by atomic mass is 10.2. The van der Waals surface area contributed by atoms with Crippen molar-refractivity contribution in [3.63, 3.8) is 0 Å². The Hall–Kier alpha value is -0.930. The monoisotopic (exact) mass is 357 g/mol. The van der Waals surface area contributed by atoms with E-state index in [0.29, 0.717) is 19.6 Å². The van der Waals surface area contributed by atoms with Gasteiger partial charge in [-0.15, -0.1) is 0 Å². The zero-order chi connectivity index (χ0) is 17.2. The van der Waals surface area contributed by atoms with Gasteiger partial charge in [0.1, 0.15) is 5.76 Å². The molecule has 0 radical (unpaired) electrons. The molecule has 24 heavy (non-hydrogen) atoms. The SMILES string of the molecule is CC1CN(S(=O)(=O)NCC(c2ccco2)N2CCCC2)CC(C)O1. The van der Waals surface area contributed by atoms with E-state index in [2.05, 4.69) is 9.62 Å². The second kappa shape index (κ2) is 7.53. The van der Waals surface area contributed by atoms with Crippen LogP contribution >= 0.6 is 0 Å². The third-order valence-corrected chi connectivity index (χ3v) is 6.15. The minimum atomic E-state index is -3.53. The van der Waals surface area contributed by atoms with E-state index in [1.807, 2.05) is 26.0 Å². The third-order valence-electron chi connectivity index (χ3n) is 4.64. The number of ether oxygens (including phenoxy) is 1. The Balaban J connectivity index is 1.67. The first-order chi connectivity index (χ1) is 11.5. The van der Waals surface area contributed by atoms with Crippen molar-refractivity contribution in [1.29, 1.82) is 0 Å².